The molecule has 1 N–H and O–H groups in total. The van der Waals surface area contributed by atoms with Gasteiger partial charge in [0.1, 0.15) is 18.3 Å². The van der Waals surface area contributed by atoms with Gasteiger partial charge in [0.15, 0.2) is 17.3 Å². The molecule has 5 rings (SSSR count). The zero-order valence-corrected chi connectivity index (χ0v) is 15.4. The molecule has 0 saturated heterocycles. The van der Waals surface area contributed by atoms with Crippen molar-refractivity contribution in [2.24, 2.45) is 0 Å². The van der Waals surface area contributed by atoms with Crippen LogP contribution in [-0.4, -0.2) is 25.2 Å². The molecule has 0 unspecified atom stereocenters. The third-order valence-corrected chi connectivity index (χ3v) is 5.09. The molecule has 2 heterocycles. The van der Waals surface area contributed by atoms with Crippen LogP contribution in [0.1, 0.15) is 16.1 Å². The van der Waals surface area contributed by atoms with Crippen LogP contribution in [0.3, 0.4) is 0 Å². The maximum absolute atomic E-state index is 12.8. The van der Waals surface area contributed by atoms with Crippen molar-refractivity contribution in [2.75, 3.05) is 13.2 Å². The summed E-state index contributed by atoms with van der Waals surface area (Å²) in [6.07, 6.45) is -0.246. The highest BCUT2D eigenvalue weighted by Crippen LogP contribution is 2.32. The van der Waals surface area contributed by atoms with Gasteiger partial charge in [-0.3, -0.25) is 4.79 Å². The Kier molecular flexibility index (Phi) is 3.93. The van der Waals surface area contributed by atoms with Crippen LogP contribution in [0.5, 0.6) is 11.5 Å². The van der Waals surface area contributed by atoms with Gasteiger partial charge >= 0.3 is 0 Å². The Labute approximate surface area is 161 Å². The number of ether oxygens (including phenoxy) is 2. The second-order valence-electron chi connectivity index (χ2n) is 6.93. The van der Waals surface area contributed by atoms with Crippen molar-refractivity contribution in [1.82, 2.24) is 5.32 Å². The number of amides is 1. The molecule has 1 aliphatic heterocycles. The molecule has 1 aromatic heterocycles. The van der Waals surface area contributed by atoms with Crippen molar-refractivity contribution in [3.63, 3.8) is 0 Å². The van der Waals surface area contributed by atoms with E-state index in [1.807, 2.05) is 67.6 Å². The lowest BCUT2D eigenvalue weighted by Crippen LogP contribution is -2.40. The molecule has 0 aliphatic carbocycles. The molecule has 3 aromatic carbocycles. The molecular weight excluding hydrogens is 354 g/mol. The van der Waals surface area contributed by atoms with E-state index in [1.54, 1.807) is 0 Å². The molecule has 28 heavy (non-hydrogen) atoms. The lowest BCUT2D eigenvalue weighted by molar-refractivity contribution is 0.0774. The number of fused-ring (bicyclic) bond motifs is 4. The minimum atomic E-state index is -0.250. The first-order valence-corrected chi connectivity index (χ1v) is 9.28. The number of benzene rings is 3. The van der Waals surface area contributed by atoms with E-state index in [0.717, 1.165) is 33.1 Å². The number of aryl methyl sites for hydroxylation is 1. The Hall–Kier alpha value is -3.47. The summed E-state index contributed by atoms with van der Waals surface area (Å²) >= 11 is 0. The summed E-state index contributed by atoms with van der Waals surface area (Å²) in [6.45, 7) is 2.64. The van der Waals surface area contributed by atoms with Gasteiger partial charge in [0.2, 0.25) is 0 Å². The minimum absolute atomic E-state index is 0.246. The summed E-state index contributed by atoms with van der Waals surface area (Å²) in [5, 5.41) is 5.95. The summed E-state index contributed by atoms with van der Waals surface area (Å²) < 4.78 is 17.6. The zero-order valence-electron chi connectivity index (χ0n) is 15.4. The second-order valence-corrected chi connectivity index (χ2v) is 6.93. The van der Waals surface area contributed by atoms with Crippen LogP contribution in [0.2, 0.25) is 0 Å². The molecule has 4 aromatic rings. The molecule has 0 radical (unpaired) electrons. The average Bonchev–Trinajstić information content (AvgIpc) is 3.09. The third-order valence-electron chi connectivity index (χ3n) is 5.09. The fourth-order valence-corrected chi connectivity index (χ4v) is 3.62. The molecule has 1 atom stereocenters. The van der Waals surface area contributed by atoms with Crippen LogP contribution in [-0.2, 0) is 0 Å². The molecule has 1 aliphatic rings. The lowest BCUT2D eigenvalue weighted by atomic mass is 10.1. The van der Waals surface area contributed by atoms with E-state index in [2.05, 4.69) is 5.32 Å². The molecule has 0 fully saturated rings. The van der Waals surface area contributed by atoms with Crippen molar-refractivity contribution < 1.29 is 18.7 Å². The third kappa shape index (κ3) is 2.76. The predicted octanol–water partition coefficient (Wildman–Crippen LogP) is 4.46. The summed E-state index contributed by atoms with van der Waals surface area (Å²) in [5.41, 5.74) is 1.58. The highest BCUT2D eigenvalue weighted by atomic mass is 16.6. The van der Waals surface area contributed by atoms with Crippen LogP contribution >= 0.6 is 0 Å². The van der Waals surface area contributed by atoms with Gasteiger partial charge < -0.3 is 19.2 Å². The first kappa shape index (κ1) is 16.7. The molecule has 0 spiro atoms. The molecule has 5 heteroatoms. The van der Waals surface area contributed by atoms with Gasteiger partial charge in [-0.25, -0.2) is 0 Å². The SMILES string of the molecule is Cc1c(C(=O)NC[C@@H]2COc3ccccc3O2)oc2c1ccc1ccccc12. The highest BCUT2D eigenvalue weighted by Gasteiger charge is 2.23. The van der Waals surface area contributed by atoms with Crippen molar-refractivity contribution in [2.45, 2.75) is 13.0 Å². The second kappa shape index (κ2) is 6.60. The number of hydrogen-bond acceptors (Lipinski definition) is 4. The van der Waals surface area contributed by atoms with E-state index in [1.165, 1.54) is 0 Å². The maximum atomic E-state index is 12.8. The van der Waals surface area contributed by atoms with Gasteiger partial charge in [-0.05, 0) is 24.4 Å². The van der Waals surface area contributed by atoms with Crippen molar-refractivity contribution in [3.8, 4) is 11.5 Å². The number of hydrogen-bond donors (Lipinski definition) is 1. The predicted molar refractivity (Wildman–Crippen MR) is 107 cm³/mol. The summed E-state index contributed by atoms with van der Waals surface area (Å²) in [5.74, 6) is 1.51. The molecule has 0 saturated carbocycles. The number of carbonyl (C=O) groups excluding carboxylic acids is 1. The number of nitrogens with one attached hydrogen (secondary N) is 1. The lowest BCUT2D eigenvalue weighted by Gasteiger charge is -2.26. The monoisotopic (exact) mass is 373 g/mol. The number of furan rings is 1. The van der Waals surface area contributed by atoms with Crippen molar-refractivity contribution >= 4 is 27.6 Å². The Bertz CT molecular complexity index is 1190. The quantitative estimate of drug-likeness (QED) is 0.576. The summed E-state index contributed by atoms with van der Waals surface area (Å²) in [6, 6.07) is 19.6. The largest absolute Gasteiger partial charge is 0.486 e. The number of rotatable bonds is 3. The average molecular weight is 373 g/mol. The summed E-state index contributed by atoms with van der Waals surface area (Å²) in [7, 11) is 0. The Morgan fingerprint density at radius 1 is 1.00 bits per heavy atom. The van der Waals surface area contributed by atoms with Gasteiger partial charge in [-0.1, -0.05) is 48.5 Å². The normalized spacial score (nSPS) is 15.7. The van der Waals surface area contributed by atoms with Crippen molar-refractivity contribution in [3.05, 3.63) is 72.0 Å². The van der Waals surface area contributed by atoms with E-state index in [-0.39, 0.29) is 12.0 Å². The molecule has 1 amide bonds. The van der Waals surface area contributed by atoms with Crippen LogP contribution in [0, 0.1) is 6.92 Å². The van der Waals surface area contributed by atoms with E-state index in [9.17, 15) is 4.79 Å². The minimum Gasteiger partial charge on any atom is -0.486 e. The van der Waals surface area contributed by atoms with Crippen molar-refractivity contribution in [1.29, 1.82) is 0 Å². The fourth-order valence-electron chi connectivity index (χ4n) is 3.62. The van der Waals surface area contributed by atoms with Crippen LogP contribution in [0.25, 0.3) is 21.7 Å². The van der Waals surface area contributed by atoms with Gasteiger partial charge in [0, 0.05) is 16.3 Å². The van der Waals surface area contributed by atoms with E-state index in [0.29, 0.717) is 24.7 Å². The first-order valence-electron chi connectivity index (χ1n) is 9.28. The van der Waals surface area contributed by atoms with E-state index >= 15 is 0 Å². The van der Waals surface area contributed by atoms with Crippen LogP contribution < -0.4 is 14.8 Å². The standard InChI is InChI=1S/C23H19NO4/c1-14-17-11-10-15-6-2-3-7-18(15)22(17)28-21(14)23(25)24-12-16-13-26-19-8-4-5-9-20(19)27-16/h2-11,16H,12-13H2,1H3,(H,24,25)/t16-/m1/s1. The van der Waals surface area contributed by atoms with Gasteiger partial charge in [0.25, 0.3) is 5.91 Å². The van der Waals surface area contributed by atoms with Crippen LogP contribution in [0.15, 0.2) is 65.1 Å². The fraction of sp³-hybridized carbons (Fsp3) is 0.174. The summed E-state index contributed by atoms with van der Waals surface area (Å²) in [4.78, 5) is 12.8. The Morgan fingerprint density at radius 2 is 1.79 bits per heavy atom. The molecular formula is C23H19NO4. The van der Waals surface area contributed by atoms with Crippen LogP contribution in [0.4, 0.5) is 0 Å². The highest BCUT2D eigenvalue weighted by molar-refractivity contribution is 6.08. The maximum Gasteiger partial charge on any atom is 0.287 e. The molecule has 140 valence electrons. The zero-order chi connectivity index (χ0) is 19.1. The molecule has 5 nitrogen and oxygen atoms in total. The first-order chi connectivity index (χ1) is 13.7. The van der Waals surface area contributed by atoms with Gasteiger partial charge in [-0.15, -0.1) is 0 Å². The topological polar surface area (TPSA) is 60.7 Å². The number of para-hydroxylation sites is 2. The Morgan fingerprint density at radius 3 is 2.68 bits per heavy atom. The smallest absolute Gasteiger partial charge is 0.287 e. The van der Waals surface area contributed by atoms with Gasteiger partial charge in [-0.2, -0.15) is 0 Å². The number of carbonyl (C=O) groups is 1. The van der Waals surface area contributed by atoms with E-state index < -0.39 is 0 Å². The van der Waals surface area contributed by atoms with Gasteiger partial charge in [0.05, 0.1) is 6.54 Å². The molecule has 0 bridgehead atoms. The van der Waals surface area contributed by atoms with E-state index in [4.69, 9.17) is 13.9 Å². The Balaban J connectivity index is 1.36.